The third-order valence-electron chi connectivity index (χ3n) is 4.11. The average Bonchev–Trinajstić information content (AvgIpc) is 3.17. The summed E-state index contributed by atoms with van der Waals surface area (Å²) in [7, 11) is 0. The summed E-state index contributed by atoms with van der Waals surface area (Å²) >= 11 is 7.48. The molecule has 1 aliphatic heterocycles. The van der Waals surface area contributed by atoms with Crippen LogP contribution in [0.25, 0.3) is 11.2 Å². The summed E-state index contributed by atoms with van der Waals surface area (Å²) in [5.74, 6) is 1.10. The molecule has 3 heterocycles. The number of aliphatic hydroxyl groups is 2. The van der Waals surface area contributed by atoms with Crippen molar-refractivity contribution in [2.75, 3.05) is 11.1 Å². The number of aromatic nitrogens is 4. The molecule has 2 aromatic heterocycles. The summed E-state index contributed by atoms with van der Waals surface area (Å²) in [6.07, 6.45) is 1.50. The van der Waals surface area contributed by atoms with E-state index in [-0.39, 0.29) is 5.37 Å². The molecule has 3 atom stereocenters. The highest BCUT2D eigenvalue weighted by Gasteiger charge is 2.36. The lowest BCUT2D eigenvalue weighted by atomic mass is 10.2. The van der Waals surface area contributed by atoms with Gasteiger partial charge in [0.1, 0.15) is 23.3 Å². The fourth-order valence-corrected chi connectivity index (χ4v) is 4.33. The number of thioether (sulfide) groups is 1. The van der Waals surface area contributed by atoms with Crippen LogP contribution in [0.3, 0.4) is 0 Å². The molecule has 0 amide bonds. The van der Waals surface area contributed by atoms with Crippen LogP contribution in [0.2, 0.25) is 5.02 Å². The van der Waals surface area contributed by atoms with Gasteiger partial charge in [-0.25, -0.2) is 15.0 Å². The minimum Gasteiger partial charge on any atom is -0.389 e. The summed E-state index contributed by atoms with van der Waals surface area (Å²) in [5, 5.41) is 23.5. The van der Waals surface area contributed by atoms with Crippen LogP contribution in [0, 0.1) is 0 Å². The Kier molecular flexibility index (Phi) is 4.51. The molecule has 0 aliphatic carbocycles. The van der Waals surface area contributed by atoms with Gasteiger partial charge in [0.25, 0.3) is 0 Å². The van der Waals surface area contributed by atoms with Gasteiger partial charge in [-0.05, 0) is 17.7 Å². The molecular weight excluding hydrogens is 362 g/mol. The Morgan fingerprint density at radius 1 is 1.28 bits per heavy atom. The van der Waals surface area contributed by atoms with Gasteiger partial charge in [-0.15, -0.1) is 11.8 Å². The van der Waals surface area contributed by atoms with E-state index in [9.17, 15) is 10.2 Å². The lowest BCUT2D eigenvalue weighted by molar-refractivity contribution is 0.0313. The van der Waals surface area contributed by atoms with Crippen molar-refractivity contribution in [3.8, 4) is 0 Å². The van der Waals surface area contributed by atoms with E-state index < -0.39 is 12.2 Å². The van der Waals surface area contributed by atoms with Gasteiger partial charge in [0, 0.05) is 17.3 Å². The van der Waals surface area contributed by atoms with Crippen molar-refractivity contribution in [1.82, 2.24) is 19.5 Å². The smallest absolute Gasteiger partial charge is 0.166 e. The number of rotatable bonds is 4. The molecule has 130 valence electrons. The van der Waals surface area contributed by atoms with Crippen molar-refractivity contribution < 1.29 is 10.2 Å². The zero-order valence-corrected chi connectivity index (χ0v) is 14.7. The van der Waals surface area contributed by atoms with E-state index in [2.05, 4.69) is 20.3 Å². The third-order valence-corrected chi connectivity index (χ3v) is 5.72. The SMILES string of the molecule is OC1CS[C@@H](n2cnc3c(NCc4cccc(Cl)c4)ncnc32)C1O. The number of benzene rings is 1. The van der Waals surface area contributed by atoms with Crippen LogP contribution >= 0.6 is 23.4 Å². The first kappa shape index (κ1) is 16.6. The minimum absolute atomic E-state index is 0.310. The first-order valence-electron chi connectivity index (χ1n) is 7.77. The summed E-state index contributed by atoms with van der Waals surface area (Å²) in [4.78, 5) is 13.0. The highest BCUT2D eigenvalue weighted by Crippen LogP contribution is 2.38. The number of hydrogen-bond donors (Lipinski definition) is 3. The second kappa shape index (κ2) is 6.80. The van der Waals surface area contributed by atoms with E-state index in [0.717, 1.165) is 5.56 Å². The lowest BCUT2D eigenvalue weighted by Gasteiger charge is -2.17. The fourth-order valence-electron chi connectivity index (χ4n) is 2.83. The maximum absolute atomic E-state index is 10.1. The van der Waals surface area contributed by atoms with Crippen molar-refractivity contribution >= 4 is 40.3 Å². The van der Waals surface area contributed by atoms with Crippen molar-refractivity contribution in [3.05, 3.63) is 47.5 Å². The molecule has 2 unspecified atom stereocenters. The molecule has 0 spiro atoms. The van der Waals surface area contributed by atoms with Crippen molar-refractivity contribution in [1.29, 1.82) is 0 Å². The van der Waals surface area contributed by atoms with Gasteiger partial charge in [0.15, 0.2) is 11.5 Å². The number of imidazole rings is 1. The molecule has 0 bridgehead atoms. The number of hydrogen-bond acceptors (Lipinski definition) is 7. The van der Waals surface area contributed by atoms with Gasteiger partial charge in [0.2, 0.25) is 0 Å². The second-order valence-corrected chi connectivity index (χ2v) is 7.40. The van der Waals surface area contributed by atoms with E-state index in [1.807, 2.05) is 24.3 Å². The molecule has 3 N–H and O–H groups in total. The van der Waals surface area contributed by atoms with Crippen LogP contribution in [0.1, 0.15) is 10.9 Å². The molecule has 25 heavy (non-hydrogen) atoms. The van der Waals surface area contributed by atoms with Crippen LogP contribution in [0.15, 0.2) is 36.9 Å². The predicted octanol–water partition coefficient (Wildman–Crippen LogP) is 2.06. The Bertz CT molecular complexity index is 905. The number of nitrogens with one attached hydrogen (secondary N) is 1. The van der Waals surface area contributed by atoms with Gasteiger partial charge in [-0.3, -0.25) is 4.57 Å². The molecule has 1 aliphatic rings. The Morgan fingerprint density at radius 2 is 2.16 bits per heavy atom. The van der Waals surface area contributed by atoms with Crippen LogP contribution in [-0.4, -0.2) is 47.7 Å². The Morgan fingerprint density at radius 3 is 2.92 bits per heavy atom. The highest BCUT2D eigenvalue weighted by molar-refractivity contribution is 7.99. The van der Waals surface area contributed by atoms with Gasteiger partial charge in [-0.2, -0.15) is 0 Å². The third kappa shape index (κ3) is 3.18. The number of anilines is 1. The molecule has 1 aromatic carbocycles. The number of halogens is 1. The minimum atomic E-state index is -0.847. The molecule has 0 saturated carbocycles. The molecule has 9 heteroatoms. The largest absolute Gasteiger partial charge is 0.389 e. The maximum Gasteiger partial charge on any atom is 0.166 e. The van der Waals surface area contributed by atoms with Crippen molar-refractivity contribution in [2.45, 2.75) is 24.1 Å². The maximum atomic E-state index is 10.1. The molecule has 7 nitrogen and oxygen atoms in total. The van der Waals surface area contributed by atoms with Crippen LogP contribution in [0.5, 0.6) is 0 Å². The van der Waals surface area contributed by atoms with E-state index >= 15 is 0 Å². The van der Waals surface area contributed by atoms with Gasteiger partial charge < -0.3 is 15.5 Å². The van der Waals surface area contributed by atoms with Crippen LogP contribution in [-0.2, 0) is 6.54 Å². The Labute approximate surface area is 153 Å². The molecule has 0 radical (unpaired) electrons. The lowest BCUT2D eigenvalue weighted by Crippen LogP contribution is -2.27. The first-order chi connectivity index (χ1) is 12.1. The van der Waals surface area contributed by atoms with E-state index in [1.54, 1.807) is 10.9 Å². The van der Waals surface area contributed by atoms with Crippen LogP contribution in [0.4, 0.5) is 5.82 Å². The summed E-state index contributed by atoms with van der Waals surface area (Å²) in [6.45, 7) is 0.555. The Balaban J connectivity index is 1.61. The summed E-state index contributed by atoms with van der Waals surface area (Å²) in [5.41, 5.74) is 2.27. The number of fused-ring (bicyclic) bond motifs is 1. The van der Waals surface area contributed by atoms with Crippen LogP contribution < -0.4 is 5.32 Å². The number of aliphatic hydroxyl groups excluding tert-OH is 2. The van der Waals surface area contributed by atoms with Crippen molar-refractivity contribution in [3.63, 3.8) is 0 Å². The fraction of sp³-hybridized carbons (Fsp3) is 0.312. The molecule has 1 saturated heterocycles. The topological polar surface area (TPSA) is 96.1 Å². The van der Waals surface area contributed by atoms with E-state index in [1.165, 1.54) is 18.1 Å². The number of nitrogens with zero attached hydrogens (tertiary/aromatic N) is 4. The zero-order valence-electron chi connectivity index (χ0n) is 13.1. The molecule has 3 aromatic rings. The average molecular weight is 378 g/mol. The molecule has 1 fully saturated rings. The molecular formula is C16H16ClN5O2S. The summed E-state index contributed by atoms with van der Waals surface area (Å²) < 4.78 is 1.78. The highest BCUT2D eigenvalue weighted by atomic mass is 35.5. The zero-order chi connectivity index (χ0) is 17.4. The van der Waals surface area contributed by atoms with E-state index in [0.29, 0.717) is 34.3 Å². The van der Waals surface area contributed by atoms with E-state index in [4.69, 9.17) is 11.6 Å². The van der Waals surface area contributed by atoms with Crippen molar-refractivity contribution in [2.24, 2.45) is 0 Å². The Hall–Kier alpha value is -1.87. The van der Waals surface area contributed by atoms with Gasteiger partial charge >= 0.3 is 0 Å². The summed E-state index contributed by atoms with van der Waals surface area (Å²) in [6, 6.07) is 7.59. The quantitative estimate of drug-likeness (QED) is 0.640. The van der Waals surface area contributed by atoms with Gasteiger partial charge in [0.05, 0.1) is 12.4 Å². The normalized spacial score (nSPS) is 23.2. The van der Waals surface area contributed by atoms with Gasteiger partial charge in [-0.1, -0.05) is 23.7 Å². The standard InChI is InChI=1S/C16H16ClN5O2S/c17-10-3-1-2-9(4-10)5-18-14-12-15(20-7-19-14)22(8-21-12)16-13(24)11(23)6-25-16/h1-4,7-8,11,13,16,23-24H,5-6H2,(H,18,19,20)/t11?,13?,16-/m1/s1. The molecule has 4 rings (SSSR count). The predicted molar refractivity (Wildman–Crippen MR) is 97.6 cm³/mol. The monoisotopic (exact) mass is 377 g/mol. The second-order valence-electron chi connectivity index (χ2n) is 5.81. The first-order valence-corrected chi connectivity index (χ1v) is 9.20.